The van der Waals surface area contributed by atoms with Crippen molar-refractivity contribution in [3.63, 3.8) is 0 Å². The van der Waals surface area contributed by atoms with Crippen molar-refractivity contribution in [2.24, 2.45) is 5.92 Å². The summed E-state index contributed by atoms with van der Waals surface area (Å²) in [6.07, 6.45) is 20.9. The van der Waals surface area contributed by atoms with Gasteiger partial charge < -0.3 is 0 Å². The Bertz CT molecular complexity index is 1220. The number of aryl methyl sites for hydroxylation is 2. The predicted octanol–water partition coefficient (Wildman–Crippen LogP) is 13.2. The number of carbonyl (C=O) groups is 1. The molecule has 0 amide bonds. The Morgan fingerprint density at radius 3 is 2.23 bits per heavy atom. The minimum Gasteiger partial charge on any atom is -0.289 e. The van der Waals surface area contributed by atoms with Crippen LogP contribution in [0, 0.1) is 12.8 Å². The molecule has 2 aliphatic carbocycles. The fraction of sp³-hybridized carbons (Fsp3) is 0.405. The Morgan fingerprint density at radius 1 is 1.02 bits per heavy atom. The van der Waals surface area contributed by atoms with Gasteiger partial charge in [-0.3, -0.25) is 4.79 Å². The molecular weight excluding hydrogens is 520 g/mol. The van der Waals surface area contributed by atoms with Crippen LogP contribution in [0.4, 0.5) is 0 Å². The normalized spacial score (nSPS) is 13.9. The zero-order valence-corrected chi connectivity index (χ0v) is 29.9. The first-order valence-electron chi connectivity index (χ1n) is 16.5. The lowest BCUT2D eigenvalue weighted by molar-refractivity contribution is 0.104. The minimum atomic E-state index is 0.0278. The van der Waals surface area contributed by atoms with E-state index in [2.05, 4.69) is 81.0 Å². The summed E-state index contributed by atoms with van der Waals surface area (Å²) in [5.74, 6) is 0.192. The Hall–Kier alpha value is -3.63. The number of hydrogen-bond acceptors (Lipinski definition) is 1. The molecule has 0 aliphatic heterocycles. The molecule has 0 aromatic heterocycles. The lowest BCUT2D eigenvalue weighted by Gasteiger charge is -2.16. The van der Waals surface area contributed by atoms with Crippen LogP contribution in [0.1, 0.15) is 117 Å². The predicted molar refractivity (Wildman–Crippen MR) is 197 cm³/mol. The van der Waals surface area contributed by atoms with Crippen molar-refractivity contribution in [3.8, 4) is 0 Å². The molecule has 3 rings (SSSR count). The molecule has 1 aromatic carbocycles. The van der Waals surface area contributed by atoms with Gasteiger partial charge in [0.1, 0.15) is 0 Å². The molecule has 0 radical (unpaired) electrons. The van der Waals surface area contributed by atoms with Crippen molar-refractivity contribution in [1.82, 2.24) is 0 Å². The van der Waals surface area contributed by atoms with Crippen LogP contribution in [0.2, 0.25) is 0 Å². The van der Waals surface area contributed by atoms with Crippen molar-refractivity contribution in [2.45, 2.75) is 109 Å². The summed E-state index contributed by atoms with van der Waals surface area (Å²) in [6.45, 7) is 34.4. The van der Waals surface area contributed by atoms with Gasteiger partial charge >= 0.3 is 0 Å². The monoisotopic (exact) mass is 582 g/mol. The van der Waals surface area contributed by atoms with E-state index in [4.69, 9.17) is 0 Å². The van der Waals surface area contributed by atoms with E-state index in [1.54, 1.807) is 6.08 Å². The second-order valence-electron chi connectivity index (χ2n) is 8.50. The maximum Gasteiger partial charge on any atom is 0.186 e. The van der Waals surface area contributed by atoms with Gasteiger partial charge in [0.2, 0.25) is 0 Å². The molecule has 43 heavy (non-hydrogen) atoms. The molecule has 236 valence electrons. The van der Waals surface area contributed by atoms with Crippen molar-refractivity contribution >= 4 is 5.78 Å². The van der Waals surface area contributed by atoms with Gasteiger partial charge in [-0.1, -0.05) is 145 Å². The number of hydrogen-bond donors (Lipinski definition) is 0. The van der Waals surface area contributed by atoms with Crippen molar-refractivity contribution in [2.75, 3.05) is 0 Å². The number of rotatable bonds is 8. The molecule has 1 heteroatoms. The van der Waals surface area contributed by atoms with Gasteiger partial charge in [0.05, 0.1) is 0 Å². The Labute approximate surface area is 267 Å². The van der Waals surface area contributed by atoms with Crippen LogP contribution >= 0.6 is 0 Å². The number of carbonyl (C=O) groups excluding carboxylic acids is 1. The smallest absolute Gasteiger partial charge is 0.186 e. The zero-order chi connectivity index (χ0) is 33.8. The van der Waals surface area contributed by atoms with Crippen LogP contribution in [0.15, 0.2) is 125 Å². The highest BCUT2D eigenvalue weighted by molar-refractivity contribution is 6.06. The van der Waals surface area contributed by atoms with Gasteiger partial charge in [0, 0.05) is 22.6 Å². The zero-order valence-electron chi connectivity index (χ0n) is 29.9. The lowest BCUT2D eigenvalue weighted by Crippen LogP contribution is -2.03. The van der Waals surface area contributed by atoms with Gasteiger partial charge in [-0.2, -0.15) is 0 Å². The average molecular weight is 583 g/mol. The topological polar surface area (TPSA) is 17.1 Å². The van der Waals surface area contributed by atoms with Gasteiger partial charge in [-0.25, -0.2) is 0 Å². The van der Waals surface area contributed by atoms with Gasteiger partial charge in [0.25, 0.3) is 0 Å². The molecule has 0 heterocycles. The summed E-state index contributed by atoms with van der Waals surface area (Å²) in [4.78, 5) is 12.9. The molecule has 0 fully saturated rings. The number of benzene rings is 1. The highest BCUT2D eigenvalue weighted by atomic mass is 16.1. The Balaban J connectivity index is -0.00000145. The van der Waals surface area contributed by atoms with Crippen molar-refractivity contribution < 1.29 is 4.79 Å². The first-order chi connectivity index (χ1) is 20.9. The molecule has 0 saturated carbocycles. The molecule has 1 aromatic rings. The first-order valence-corrected chi connectivity index (χ1v) is 16.5. The summed E-state index contributed by atoms with van der Waals surface area (Å²) in [5, 5.41) is 0. The first kappa shape index (κ1) is 43.8. The minimum absolute atomic E-state index is 0.0278. The van der Waals surface area contributed by atoms with Crippen molar-refractivity contribution in [1.29, 1.82) is 0 Å². The third-order valence-electron chi connectivity index (χ3n) is 6.00. The van der Waals surface area contributed by atoms with E-state index in [1.165, 1.54) is 11.1 Å². The largest absolute Gasteiger partial charge is 0.289 e. The summed E-state index contributed by atoms with van der Waals surface area (Å²) < 4.78 is 0. The van der Waals surface area contributed by atoms with Crippen LogP contribution in [-0.2, 0) is 6.42 Å². The fourth-order valence-electron chi connectivity index (χ4n) is 3.90. The standard InChI is InChI=1S/C32H32O.5C2H6/c1-6-26-16-14-24(4)31(21-26)32(33)19-18-28-22-29(17-15-23(28)3)30(7-2)25(5)20-27-12-10-8-9-11-13-27;5*1-2/h8,10-16,18-19,21-23H,2,5-6,9,20H2,1,3-4H3;5*1-2H3/b19-18+;;;;;. The second-order valence-corrected chi connectivity index (χ2v) is 8.50. The molecule has 0 bridgehead atoms. The highest BCUT2D eigenvalue weighted by Gasteiger charge is 2.15. The Morgan fingerprint density at radius 2 is 1.65 bits per heavy atom. The highest BCUT2D eigenvalue weighted by Crippen LogP contribution is 2.29. The van der Waals surface area contributed by atoms with E-state index in [1.807, 2.05) is 100 Å². The maximum atomic E-state index is 12.9. The van der Waals surface area contributed by atoms with E-state index in [0.29, 0.717) is 0 Å². The number of allylic oxidation sites excluding steroid dienone is 13. The van der Waals surface area contributed by atoms with E-state index < -0.39 is 0 Å². The molecule has 1 atom stereocenters. The van der Waals surface area contributed by atoms with Crippen LogP contribution in [0.5, 0.6) is 0 Å². The van der Waals surface area contributed by atoms with Gasteiger partial charge in [-0.05, 0) is 78.3 Å². The van der Waals surface area contributed by atoms with Gasteiger partial charge in [-0.15, -0.1) is 11.5 Å². The van der Waals surface area contributed by atoms with Crippen LogP contribution in [0.25, 0.3) is 0 Å². The Kier molecular flexibility index (Phi) is 29.0. The summed E-state index contributed by atoms with van der Waals surface area (Å²) >= 11 is 0. The maximum absolute atomic E-state index is 12.9. The third kappa shape index (κ3) is 16.0. The molecule has 0 saturated heterocycles. The van der Waals surface area contributed by atoms with E-state index in [0.717, 1.165) is 52.7 Å². The van der Waals surface area contributed by atoms with Crippen LogP contribution in [0.3, 0.4) is 0 Å². The van der Waals surface area contributed by atoms with Crippen molar-refractivity contribution in [3.05, 3.63) is 142 Å². The molecule has 0 spiro atoms. The molecule has 0 N–H and O–H groups in total. The number of ketones is 1. The fourth-order valence-corrected chi connectivity index (χ4v) is 3.90. The van der Waals surface area contributed by atoms with Crippen LogP contribution in [-0.4, -0.2) is 5.78 Å². The van der Waals surface area contributed by atoms with E-state index >= 15 is 0 Å². The lowest BCUT2D eigenvalue weighted by atomic mass is 9.87. The molecule has 1 unspecified atom stereocenters. The molecule has 2 aliphatic rings. The van der Waals surface area contributed by atoms with Gasteiger partial charge in [0.15, 0.2) is 5.78 Å². The summed E-state index contributed by atoms with van der Waals surface area (Å²) in [5.41, 5.74) is 14.3. The average Bonchev–Trinajstić information content (AvgIpc) is 3.35. The quantitative estimate of drug-likeness (QED) is 0.129. The summed E-state index contributed by atoms with van der Waals surface area (Å²) in [7, 11) is 0. The SMILES string of the molecule is C=C=C(C(=C)CC1=CC=CCC=C1)C1=C=CC(C)C(/C=C/C(=O)c2cc(CC)ccc2C)=C1.CC.CC.CC.CC.CC. The van der Waals surface area contributed by atoms with Crippen LogP contribution < -0.4 is 0 Å². The summed E-state index contributed by atoms with van der Waals surface area (Å²) in [6, 6.07) is 6.10. The van der Waals surface area contributed by atoms with E-state index in [9.17, 15) is 4.79 Å². The van der Waals surface area contributed by atoms with E-state index in [-0.39, 0.29) is 11.7 Å². The second kappa shape index (κ2) is 28.5. The molecular formula is C42H62O. The molecule has 1 nitrogen and oxygen atoms in total. The third-order valence-corrected chi connectivity index (χ3v) is 6.00.